The highest BCUT2D eigenvalue weighted by Crippen LogP contribution is 2.18. The van der Waals surface area contributed by atoms with Gasteiger partial charge in [-0.3, -0.25) is 4.79 Å². The van der Waals surface area contributed by atoms with E-state index in [1.807, 2.05) is 6.92 Å². The molecule has 0 aliphatic rings. The highest BCUT2D eigenvalue weighted by Gasteiger charge is 2.07. The third-order valence-electron chi connectivity index (χ3n) is 3.24. The SMILES string of the molecule is CCCNC(=O)CNC(C)c1ccc(C(C)C)cc1. The van der Waals surface area contributed by atoms with E-state index >= 15 is 0 Å². The minimum absolute atomic E-state index is 0.0625. The molecule has 0 spiro atoms. The molecule has 1 aromatic rings. The van der Waals surface area contributed by atoms with Crippen LogP contribution in [-0.4, -0.2) is 19.0 Å². The van der Waals surface area contributed by atoms with Gasteiger partial charge >= 0.3 is 0 Å². The number of nitrogens with one attached hydrogen (secondary N) is 2. The zero-order valence-corrected chi connectivity index (χ0v) is 12.5. The van der Waals surface area contributed by atoms with E-state index in [4.69, 9.17) is 0 Å². The maximum Gasteiger partial charge on any atom is 0.233 e. The topological polar surface area (TPSA) is 41.1 Å². The Labute approximate surface area is 116 Å². The van der Waals surface area contributed by atoms with Crippen LogP contribution in [0.15, 0.2) is 24.3 Å². The summed E-state index contributed by atoms with van der Waals surface area (Å²) in [5.41, 5.74) is 2.56. The molecule has 1 aromatic carbocycles. The lowest BCUT2D eigenvalue weighted by molar-refractivity contribution is -0.120. The number of amides is 1. The molecule has 1 atom stereocenters. The second kappa shape index (κ2) is 7.95. The van der Waals surface area contributed by atoms with Gasteiger partial charge in [-0.25, -0.2) is 0 Å². The van der Waals surface area contributed by atoms with Gasteiger partial charge in [0.15, 0.2) is 0 Å². The van der Waals surface area contributed by atoms with E-state index in [9.17, 15) is 4.79 Å². The predicted octanol–water partition coefficient (Wildman–Crippen LogP) is 2.99. The highest BCUT2D eigenvalue weighted by atomic mass is 16.1. The first-order valence-corrected chi connectivity index (χ1v) is 7.14. The normalized spacial score (nSPS) is 12.5. The monoisotopic (exact) mass is 262 g/mol. The third kappa shape index (κ3) is 5.43. The van der Waals surface area contributed by atoms with Crippen molar-refractivity contribution in [1.29, 1.82) is 0 Å². The zero-order valence-electron chi connectivity index (χ0n) is 12.5. The second-order valence-corrected chi connectivity index (χ2v) is 5.27. The summed E-state index contributed by atoms with van der Waals surface area (Å²) >= 11 is 0. The summed E-state index contributed by atoms with van der Waals surface area (Å²) in [4.78, 5) is 11.5. The summed E-state index contributed by atoms with van der Waals surface area (Å²) in [7, 11) is 0. The van der Waals surface area contributed by atoms with Crippen molar-refractivity contribution in [2.75, 3.05) is 13.1 Å². The van der Waals surface area contributed by atoms with Crippen molar-refractivity contribution in [2.45, 2.75) is 46.1 Å². The van der Waals surface area contributed by atoms with Crippen molar-refractivity contribution < 1.29 is 4.79 Å². The lowest BCUT2D eigenvalue weighted by atomic mass is 9.99. The minimum atomic E-state index is 0.0625. The maximum atomic E-state index is 11.5. The fraction of sp³-hybridized carbons (Fsp3) is 0.562. The average Bonchev–Trinajstić information content (AvgIpc) is 2.42. The van der Waals surface area contributed by atoms with Crippen LogP contribution < -0.4 is 10.6 Å². The van der Waals surface area contributed by atoms with Gasteiger partial charge in [-0.2, -0.15) is 0 Å². The smallest absolute Gasteiger partial charge is 0.233 e. The van der Waals surface area contributed by atoms with Crippen LogP contribution in [0, 0.1) is 0 Å². The van der Waals surface area contributed by atoms with E-state index in [-0.39, 0.29) is 11.9 Å². The van der Waals surface area contributed by atoms with Gasteiger partial charge in [-0.05, 0) is 30.4 Å². The molecule has 19 heavy (non-hydrogen) atoms. The lowest BCUT2D eigenvalue weighted by Crippen LogP contribution is -2.35. The fourth-order valence-electron chi connectivity index (χ4n) is 1.86. The van der Waals surface area contributed by atoms with Crippen molar-refractivity contribution in [3.8, 4) is 0 Å². The number of carbonyl (C=O) groups is 1. The van der Waals surface area contributed by atoms with Crippen molar-refractivity contribution in [3.05, 3.63) is 35.4 Å². The molecule has 106 valence electrons. The molecule has 0 fully saturated rings. The molecule has 0 aliphatic heterocycles. The molecule has 1 unspecified atom stereocenters. The van der Waals surface area contributed by atoms with E-state index in [1.54, 1.807) is 0 Å². The average molecular weight is 262 g/mol. The Morgan fingerprint density at radius 2 is 1.68 bits per heavy atom. The molecule has 1 amide bonds. The molecule has 2 N–H and O–H groups in total. The Kier molecular flexibility index (Phi) is 6.57. The van der Waals surface area contributed by atoms with Crippen molar-refractivity contribution >= 4 is 5.91 Å². The maximum absolute atomic E-state index is 11.5. The molecule has 0 saturated heterocycles. The van der Waals surface area contributed by atoms with E-state index < -0.39 is 0 Å². The Bertz CT molecular complexity index is 384. The Balaban J connectivity index is 2.44. The first-order valence-electron chi connectivity index (χ1n) is 7.14. The highest BCUT2D eigenvalue weighted by molar-refractivity contribution is 5.77. The minimum Gasteiger partial charge on any atom is -0.355 e. The van der Waals surface area contributed by atoms with Crippen molar-refractivity contribution in [1.82, 2.24) is 10.6 Å². The summed E-state index contributed by atoms with van der Waals surface area (Å²) in [6.45, 7) is 9.62. The van der Waals surface area contributed by atoms with Gasteiger partial charge in [0.05, 0.1) is 6.54 Å². The van der Waals surface area contributed by atoms with Crippen LogP contribution in [0.5, 0.6) is 0 Å². The second-order valence-electron chi connectivity index (χ2n) is 5.27. The van der Waals surface area contributed by atoms with E-state index in [0.29, 0.717) is 12.5 Å². The van der Waals surface area contributed by atoms with Gasteiger partial charge < -0.3 is 10.6 Å². The fourth-order valence-corrected chi connectivity index (χ4v) is 1.86. The third-order valence-corrected chi connectivity index (χ3v) is 3.24. The Morgan fingerprint density at radius 3 is 2.21 bits per heavy atom. The number of hydrogen-bond donors (Lipinski definition) is 2. The van der Waals surface area contributed by atoms with Crippen LogP contribution in [0.4, 0.5) is 0 Å². The molecule has 0 bridgehead atoms. The molecular weight excluding hydrogens is 236 g/mol. The molecule has 0 saturated carbocycles. The van der Waals surface area contributed by atoms with E-state index in [1.165, 1.54) is 11.1 Å². The summed E-state index contributed by atoms with van der Waals surface area (Å²) in [6, 6.07) is 8.78. The lowest BCUT2D eigenvalue weighted by Gasteiger charge is -2.15. The van der Waals surface area contributed by atoms with E-state index in [0.717, 1.165) is 13.0 Å². The zero-order chi connectivity index (χ0) is 14.3. The summed E-state index contributed by atoms with van der Waals surface area (Å²) in [5, 5.41) is 6.11. The number of hydrogen-bond acceptors (Lipinski definition) is 2. The predicted molar refractivity (Wildman–Crippen MR) is 80.2 cm³/mol. The standard InChI is InChI=1S/C16H26N2O/c1-5-10-17-16(19)11-18-13(4)15-8-6-14(7-9-15)12(2)3/h6-9,12-13,18H,5,10-11H2,1-4H3,(H,17,19). The van der Waals surface area contributed by atoms with Crippen LogP contribution >= 0.6 is 0 Å². The summed E-state index contributed by atoms with van der Waals surface area (Å²) < 4.78 is 0. The summed E-state index contributed by atoms with van der Waals surface area (Å²) in [6.07, 6.45) is 0.970. The molecule has 0 aliphatic carbocycles. The van der Waals surface area contributed by atoms with Gasteiger partial charge in [-0.1, -0.05) is 45.0 Å². The number of carbonyl (C=O) groups excluding carboxylic acids is 1. The molecule has 0 heterocycles. The first-order chi connectivity index (χ1) is 9.04. The molecule has 1 rings (SSSR count). The molecule has 3 heteroatoms. The molecule has 0 aromatic heterocycles. The number of rotatable bonds is 7. The van der Waals surface area contributed by atoms with Crippen LogP contribution in [0.3, 0.4) is 0 Å². The first kappa shape index (κ1) is 15.7. The van der Waals surface area contributed by atoms with Gasteiger partial charge in [-0.15, -0.1) is 0 Å². The van der Waals surface area contributed by atoms with Crippen molar-refractivity contribution in [2.24, 2.45) is 0 Å². The van der Waals surface area contributed by atoms with Crippen molar-refractivity contribution in [3.63, 3.8) is 0 Å². The largest absolute Gasteiger partial charge is 0.355 e. The quantitative estimate of drug-likeness (QED) is 0.793. The van der Waals surface area contributed by atoms with Crippen LogP contribution in [-0.2, 0) is 4.79 Å². The van der Waals surface area contributed by atoms with Gasteiger partial charge in [0.2, 0.25) is 5.91 Å². The molecule has 0 radical (unpaired) electrons. The molecule has 3 nitrogen and oxygen atoms in total. The Hall–Kier alpha value is -1.35. The Morgan fingerprint density at radius 1 is 1.11 bits per heavy atom. The van der Waals surface area contributed by atoms with Gasteiger partial charge in [0.25, 0.3) is 0 Å². The van der Waals surface area contributed by atoms with E-state index in [2.05, 4.69) is 55.7 Å². The van der Waals surface area contributed by atoms with Gasteiger partial charge in [0, 0.05) is 12.6 Å². The van der Waals surface area contributed by atoms with Gasteiger partial charge in [0.1, 0.15) is 0 Å². The van der Waals surface area contributed by atoms with Crippen LogP contribution in [0.1, 0.15) is 57.2 Å². The van der Waals surface area contributed by atoms with Crippen LogP contribution in [0.25, 0.3) is 0 Å². The molecular formula is C16H26N2O. The summed E-state index contributed by atoms with van der Waals surface area (Å²) in [5.74, 6) is 0.615. The number of benzene rings is 1. The van der Waals surface area contributed by atoms with Crippen LogP contribution in [0.2, 0.25) is 0 Å².